The normalized spacial score (nSPS) is 14.5. The van der Waals surface area contributed by atoms with Gasteiger partial charge in [0.2, 0.25) is 11.8 Å². The van der Waals surface area contributed by atoms with Crippen molar-refractivity contribution in [2.24, 2.45) is 5.73 Å². The van der Waals surface area contributed by atoms with Crippen molar-refractivity contribution in [2.75, 3.05) is 13.2 Å². The van der Waals surface area contributed by atoms with Crippen molar-refractivity contribution >= 4 is 24.1 Å². The summed E-state index contributed by atoms with van der Waals surface area (Å²) in [6, 6.07) is 6.08. The standard InChI is InChI=1S/C23H36N4O6/c1-16(10-11-21(30)31)25-20(15-29)23(33)27-19(13-17-7-3-2-4-8-17)22(32)26-18(14-28)9-5-6-12-24/h2-4,7-8,14,16,18-20,25,29H,5-6,9-13,15,24H2,1H3,(H,26,32)(H,27,33)(H,30,31)/t16?,18-,19-,20+/m1/s1. The van der Waals surface area contributed by atoms with Crippen molar-refractivity contribution in [3.05, 3.63) is 35.9 Å². The molecule has 0 aliphatic rings. The monoisotopic (exact) mass is 464 g/mol. The number of carbonyl (C=O) groups excluding carboxylic acids is 3. The summed E-state index contributed by atoms with van der Waals surface area (Å²) in [6.07, 6.45) is 2.91. The number of rotatable bonds is 17. The Morgan fingerprint density at radius 2 is 1.70 bits per heavy atom. The third-order valence-corrected chi connectivity index (χ3v) is 5.15. The van der Waals surface area contributed by atoms with Crippen molar-refractivity contribution in [1.29, 1.82) is 0 Å². The summed E-state index contributed by atoms with van der Waals surface area (Å²) in [5.41, 5.74) is 6.29. The summed E-state index contributed by atoms with van der Waals surface area (Å²) in [7, 11) is 0. The summed E-state index contributed by atoms with van der Waals surface area (Å²) in [5.74, 6) is -2.06. The molecule has 0 bridgehead atoms. The molecule has 1 unspecified atom stereocenters. The lowest BCUT2D eigenvalue weighted by Gasteiger charge is -2.25. The number of aldehydes is 1. The Morgan fingerprint density at radius 3 is 2.27 bits per heavy atom. The SMILES string of the molecule is CC(CCC(=O)O)N[C@@H](CO)C(=O)N[C@H](Cc1ccccc1)C(=O)N[C@@H](C=O)CCCCN. The molecular formula is C23H36N4O6. The predicted octanol–water partition coefficient (Wildman–Crippen LogP) is -0.270. The van der Waals surface area contributed by atoms with Crippen LogP contribution in [0, 0.1) is 0 Å². The number of hydrogen-bond donors (Lipinski definition) is 6. The Morgan fingerprint density at radius 1 is 1.03 bits per heavy atom. The second kappa shape index (κ2) is 15.9. The minimum atomic E-state index is -1.02. The van der Waals surface area contributed by atoms with Crippen LogP contribution in [-0.2, 0) is 25.6 Å². The lowest BCUT2D eigenvalue weighted by atomic mass is 10.0. The summed E-state index contributed by atoms with van der Waals surface area (Å²) in [6.45, 7) is 1.68. The lowest BCUT2D eigenvalue weighted by molar-refractivity contribution is -0.137. The predicted molar refractivity (Wildman–Crippen MR) is 123 cm³/mol. The van der Waals surface area contributed by atoms with Crippen LogP contribution in [0.2, 0.25) is 0 Å². The third kappa shape index (κ3) is 11.6. The van der Waals surface area contributed by atoms with E-state index in [0.717, 1.165) is 12.0 Å². The first-order chi connectivity index (χ1) is 15.8. The molecule has 4 atom stereocenters. The molecule has 0 fully saturated rings. The molecule has 0 saturated heterocycles. The zero-order chi connectivity index (χ0) is 24.6. The van der Waals surface area contributed by atoms with Gasteiger partial charge in [-0.3, -0.25) is 14.4 Å². The number of carboxylic acid groups (broad SMARTS) is 1. The van der Waals surface area contributed by atoms with E-state index in [1.54, 1.807) is 6.92 Å². The minimum Gasteiger partial charge on any atom is -0.481 e. The Balaban J connectivity index is 2.87. The van der Waals surface area contributed by atoms with Gasteiger partial charge in [-0.1, -0.05) is 30.3 Å². The molecule has 1 aromatic rings. The van der Waals surface area contributed by atoms with Crippen LogP contribution < -0.4 is 21.7 Å². The molecule has 0 spiro atoms. The average Bonchev–Trinajstić information content (AvgIpc) is 2.80. The third-order valence-electron chi connectivity index (χ3n) is 5.15. The highest BCUT2D eigenvalue weighted by Crippen LogP contribution is 2.06. The first kappa shape index (κ1) is 28.2. The van der Waals surface area contributed by atoms with Crippen LogP contribution in [-0.4, -0.2) is 71.6 Å². The maximum atomic E-state index is 12.9. The van der Waals surface area contributed by atoms with E-state index < -0.39 is 42.5 Å². The molecule has 1 aromatic carbocycles. The van der Waals surface area contributed by atoms with Crippen LogP contribution in [0.1, 0.15) is 44.6 Å². The number of nitrogens with one attached hydrogen (secondary N) is 3. The molecule has 0 aliphatic carbocycles. The van der Waals surface area contributed by atoms with Crippen LogP contribution in [0.15, 0.2) is 30.3 Å². The van der Waals surface area contributed by atoms with Crippen LogP contribution >= 0.6 is 0 Å². The van der Waals surface area contributed by atoms with Gasteiger partial charge in [0.1, 0.15) is 18.4 Å². The van der Waals surface area contributed by atoms with E-state index in [9.17, 15) is 24.3 Å². The van der Waals surface area contributed by atoms with Gasteiger partial charge in [0, 0.05) is 18.9 Å². The van der Waals surface area contributed by atoms with Gasteiger partial charge in [0.25, 0.3) is 0 Å². The van der Waals surface area contributed by atoms with E-state index in [-0.39, 0.29) is 25.3 Å². The minimum absolute atomic E-state index is 0.0792. The van der Waals surface area contributed by atoms with Gasteiger partial charge in [0.05, 0.1) is 12.6 Å². The van der Waals surface area contributed by atoms with Crippen molar-refractivity contribution < 1.29 is 29.4 Å². The topological polar surface area (TPSA) is 171 Å². The highest BCUT2D eigenvalue weighted by molar-refractivity contribution is 5.91. The molecule has 0 saturated carbocycles. The van der Waals surface area contributed by atoms with E-state index >= 15 is 0 Å². The van der Waals surface area contributed by atoms with E-state index in [2.05, 4.69) is 16.0 Å². The van der Waals surface area contributed by atoms with Gasteiger partial charge in [-0.15, -0.1) is 0 Å². The molecule has 2 amide bonds. The first-order valence-electron chi connectivity index (χ1n) is 11.2. The Labute approximate surface area is 194 Å². The number of aliphatic hydroxyl groups excluding tert-OH is 1. The van der Waals surface area contributed by atoms with Crippen LogP contribution in [0.25, 0.3) is 0 Å². The van der Waals surface area contributed by atoms with Crippen LogP contribution in [0.4, 0.5) is 0 Å². The molecule has 0 aromatic heterocycles. The van der Waals surface area contributed by atoms with Gasteiger partial charge in [-0.25, -0.2) is 0 Å². The molecule has 0 heterocycles. The van der Waals surface area contributed by atoms with Crippen LogP contribution in [0.5, 0.6) is 0 Å². The summed E-state index contributed by atoms with van der Waals surface area (Å²) in [4.78, 5) is 47.9. The van der Waals surface area contributed by atoms with E-state index in [4.69, 9.17) is 10.8 Å². The maximum Gasteiger partial charge on any atom is 0.303 e. The number of aliphatic carboxylic acids is 1. The molecule has 7 N–H and O–H groups in total. The second-order valence-corrected chi connectivity index (χ2v) is 8.02. The number of hydrogen-bond acceptors (Lipinski definition) is 7. The highest BCUT2D eigenvalue weighted by atomic mass is 16.4. The van der Waals surface area contributed by atoms with Crippen molar-refractivity contribution in [3.63, 3.8) is 0 Å². The number of carboxylic acids is 1. The molecule has 184 valence electrons. The largest absolute Gasteiger partial charge is 0.481 e. The molecule has 33 heavy (non-hydrogen) atoms. The van der Waals surface area contributed by atoms with Gasteiger partial charge in [0.15, 0.2) is 0 Å². The fourth-order valence-electron chi connectivity index (χ4n) is 3.28. The highest BCUT2D eigenvalue weighted by Gasteiger charge is 2.27. The Hall–Kier alpha value is -2.82. The lowest BCUT2D eigenvalue weighted by Crippen LogP contribution is -2.57. The van der Waals surface area contributed by atoms with E-state index in [1.165, 1.54) is 0 Å². The Bertz CT molecular complexity index is 746. The van der Waals surface area contributed by atoms with Crippen LogP contribution in [0.3, 0.4) is 0 Å². The number of nitrogens with two attached hydrogens (primary N) is 1. The van der Waals surface area contributed by atoms with E-state index in [1.807, 2.05) is 30.3 Å². The number of benzene rings is 1. The van der Waals surface area contributed by atoms with Crippen molar-refractivity contribution in [1.82, 2.24) is 16.0 Å². The molecule has 10 heteroatoms. The number of carbonyl (C=O) groups is 4. The molecular weight excluding hydrogens is 428 g/mol. The maximum absolute atomic E-state index is 12.9. The molecule has 0 aliphatic heterocycles. The number of unbranched alkanes of at least 4 members (excludes halogenated alkanes) is 1. The molecule has 1 rings (SSSR count). The zero-order valence-corrected chi connectivity index (χ0v) is 19.0. The van der Waals surface area contributed by atoms with Gasteiger partial charge < -0.3 is 36.7 Å². The van der Waals surface area contributed by atoms with Crippen molar-refractivity contribution in [2.45, 2.75) is 69.6 Å². The fourth-order valence-corrected chi connectivity index (χ4v) is 3.28. The second-order valence-electron chi connectivity index (χ2n) is 8.02. The van der Waals surface area contributed by atoms with Crippen molar-refractivity contribution in [3.8, 4) is 0 Å². The quantitative estimate of drug-likeness (QED) is 0.135. The smallest absolute Gasteiger partial charge is 0.303 e. The summed E-state index contributed by atoms with van der Waals surface area (Å²) in [5, 5.41) is 26.7. The molecule has 0 radical (unpaired) electrons. The van der Waals surface area contributed by atoms with Gasteiger partial charge in [-0.05, 0) is 44.7 Å². The van der Waals surface area contributed by atoms with Gasteiger partial charge in [-0.2, -0.15) is 0 Å². The fraction of sp³-hybridized carbons (Fsp3) is 0.565. The van der Waals surface area contributed by atoms with Gasteiger partial charge >= 0.3 is 5.97 Å². The first-order valence-corrected chi connectivity index (χ1v) is 11.2. The number of amides is 2. The summed E-state index contributed by atoms with van der Waals surface area (Å²) >= 11 is 0. The average molecular weight is 465 g/mol. The zero-order valence-electron chi connectivity index (χ0n) is 19.0. The van der Waals surface area contributed by atoms with E-state index in [0.29, 0.717) is 25.7 Å². The number of aliphatic hydroxyl groups is 1. The molecule has 10 nitrogen and oxygen atoms in total. The Kier molecular flexibility index (Phi) is 13.6. The summed E-state index contributed by atoms with van der Waals surface area (Å²) < 4.78 is 0.